The summed E-state index contributed by atoms with van der Waals surface area (Å²) in [4.78, 5) is 4.05. The van der Waals surface area contributed by atoms with Gasteiger partial charge in [-0.25, -0.2) is 18.1 Å². The van der Waals surface area contributed by atoms with Crippen molar-refractivity contribution in [2.75, 3.05) is 0 Å². The second-order valence-electron chi connectivity index (χ2n) is 5.82. The Morgan fingerprint density at radius 1 is 1.14 bits per heavy atom. The van der Waals surface area contributed by atoms with Gasteiger partial charge in [0.05, 0.1) is 11.2 Å². The van der Waals surface area contributed by atoms with Crippen molar-refractivity contribution in [1.82, 2.24) is 9.71 Å². The van der Waals surface area contributed by atoms with Crippen LogP contribution in [0.5, 0.6) is 0 Å². The van der Waals surface area contributed by atoms with Crippen LogP contribution < -0.4 is 4.72 Å². The van der Waals surface area contributed by atoms with Crippen LogP contribution in [0.4, 0.5) is 0 Å². The van der Waals surface area contributed by atoms with E-state index in [1.807, 2.05) is 6.07 Å². The van der Waals surface area contributed by atoms with Gasteiger partial charge in [-0.2, -0.15) is 0 Å². The Balaban J connectivity index is 1.53. The van der Waals surface area contributed by atoms with Crippen molar-refractivity contribution in [3.8, 4) is 0 Å². The zero-order chi connectivity index (χ0) is 15.4. The van der Waals surface area contributed by atoms with Gasteiger partial charge in [-0.1, -0.05) is 30.3 Å². The fraction of sp³-hybridized carbons (Fsp3) is 0.438. The number of nitrogens with zero attached hydrogens (tertiary/aromatic N) is 1. The Kier molecular flexibility index (Phi) is 4.90. The molecule has 1 aliphatic rings. The molecule has 118 valence electrons. The lowest BCUT2D eigenvalue weighted by molar-refractivity contribution is 0.374. The summed E-state index contributed by atoms with van der Waals surface area (Å²) in [7, 11) is -3.29. The zero-order valence-electron chi connectivity index (χ0n) is 12.3. The molecule has 2 aromatic rings. The molecule has 1 heterocycles. The fourth-order valence-electron chi connectivity index (χ4n) is 3.07. The van der Waals surface area contributed by atoms with E-state index in [0.717, 1.165) is 25.7 Å². The van der Waals surface area contributed by atoms with E-state index in [4.69, 9.17) is 0 Å². The molecule has 0 radical (unpaired) electrons. The number of rotatable bonds is 5. The highest BCUT2D eigenvalue weighted by Crippen LogP contribution is 2.32. The number of thiazole rings is 1. The lowest BCUT2D eigenvalue weighted by Crippen LogP contribution is -2.38. The fourth-order valence-corrected chi connectivity index (χ4v) is 5.11. The van der Waals surface area contributed by atoms with E-state index in [9.17, 15) is 8.42 Å². The molecule has 0 saturated heterocycles. The first-order chi connectivity index (χ1) is 10.6. The molecule has 1 aromatic heterocycles. The Hall–Kier alpha value is -1.24. The molecule has 0 bridgehead atoms. The summed E-state index contributed by atoms with van der Waals surface area (Å²) >= 11 is 1.42. The number of aromatic nitrogens is 1. The predicted molar refractivity (Wildman–Crippen MR) is 89.3 cm³/mol. The van der Waals surface area contributed by atoms with Gasteiger partial charge >= 0.3 is 0 Å². The van der Waals surface area contributed by atoms with E-state index < -0.39 is 10.0 Å². The van der Waals surface area contributed by atoms with Crippen molar-refractivity contribution in [2.45, 2.75) is 43.4 Å². The van der Waals surface area contributed by atoms with Crippen molar-refractivity contribution in [1.29, 1.82) is 0 Å². The number of nitrogens with one attached hydrogen (secondary N) is 1. The van der Waals surface area contributed by atoms with Gasteiger partial charge in [0, 0.05) is 11.4 Å². The molecule has 22 heavy (non-hydrogen) atoms. The first kappa shape index (κ1) is 15.6. The van der Waals surface area contributed by atoms with Crippen LogP contribution in [0.2, 0.25) is 0 Å². The molecule has 0 aliphatic heterocycles. The van der Waals surface area contributed by atoms with E-state index >= 15 is 0 Å². The monoisotopic (exact) mass is 336 g/mol. The minimum absolute atomic E-state index is 0.0187. The van der Waals surface area contributed by atoms with Crippen LogP contribution in [0.15, 0.2) is 41.2 Å². The average molecular weight is 336 g/mol. The Labute approximate surface area is 135 Å². The summed E-state index contributed by atoms with van der Waals surface area (Å²) in [6.07, 6.45) is 3.87. The predicted octanol–water partition coefficient (Wildman–Crippen LogP) is 3.29. The van der Waals surface area contributed by atoms with Crippen molar-refractivity contribution in [3.63, 3.8) is 0 Å². The van der Waals surface area contributed by atoms with Gasteiger partial charge in [0.1, 0.15) is 5.75 Å². The van der Waals surface area contributed by atoms with Crippen LogP contribution in [0, 0.1) is 0 Å². The van der Waals surface area contributed by atoms with Crippen LogP contribution in [0.3, 0.4) is 0 Å². The number of hydrogen-bond acceptors (Lipinski definition) is 4. The summed E-state index contributed by atoms with van der Waals surface area (Å²) in [6.45, 7) is 0. The molecule has 1 saturated carbocycles. The maximum atomic E-state index is 12.2. The standard InChI is InChI=1S/C16H20N2O2S2/c19-22(20,11-16-10-21-12-17-16)18-15-8-6-14(7-9-15)13-4-2-1-3-5-13/h1-5,10,12,14-15,18H,6-9,11H2. The highest BCUT2D eigenvalue weighted by Gasteiger charge is 2.25. The molecule has 0 spiro atoms. The number of benzene rings is 1. The van der Waals surface area contributed by atoms with Gasteiger partial charge in [0.25, 0.3) is 0 Å². The molecule has 1 N–H and O–H groups in total. The second kappa shape index (κ2) is 6.89. The topological polar surface area (TPSA) is 59.1 Å². The third kappa shape index (κ3) is 4.15. The third-order valence-electron chi connectivity index (χ3n) is 4.17. The van der Waals surface area contributed by atoms with Crippen molar-refractivity contribution < 1.29 is 8.42 Å². The molecule has 3 rings (SSSR count). The van der Waals surface area contributed by atoms with Gasteiger partial charge < -0.3 is 0 Å². The van der Waals surface area contributed by atoms with Crippen molar-refractivity contribution in [3.05, 3.63) is 52.5 Å². The molecule has 0 amide bonds. The van der Waals surface area contributed by atoms with E-state index in [1.54, 1.807) is 10.9 Å². The van der Waals surface area contributed by atoms with Crippen LogP contribution in [-0.4, -0.2) is 19.4 Å². The lowest BCUT2D eigenvalue weighted by Gasteiger charge is -2.29. The van der Waals surface area contributed by atoms with Gasteiger partial charge in [0.2, 0.25) is 10.0 Å². The van der Waals surface area contributed by atoms with Crippen LogP contribution in [0.25, 0.3) is 0 Å². The number of sulfonamides is 1. The smallest absolute Gasteiger partial charge is 0.217 e. The maximum Gasteiger partial charge on any atom is 0.217 e. The van der Waals surface area contributed by atoms with Gasteiger partial charge in [-0.05, 0) is 37.2 Å². The van der Waals surface area contributed by atoms with E-state index in [0.29, 0.717) is 11.6 Å². The van der Waals surface area contributed by atoms with E-state index in [2.05, 4.69) is 34.0 Å². The maximum absolute atomic E-state index is 12.2. The molecule has 0 atom stereocenters. The number of hydrogen-bond donors (Lipinski definition) is 1. The summed E-state index contributed by atoms with van der Waals surface area (Å²) in [5, 5.41) is 1.78. The molecule has 0 unspecified atom stereocenters. The van der Waals surface area contributed by atoms with Gasteiger partial charge in [0.15, 0.2) is 0 Å². The van der Waals surface area contributed by atoms with Gasteiger partial charge in [-0.15, -0.1) is 11.3 Å². The van der Waals surface area contributed by atoms with Crippen LogP contribution >= 0.6 is 11.3 Å². The third-order valence-corrected chi connectivity index (χ3v) is 6.17. The van der Waals surface area contributed by atoms with Crippen LogP contribution in [0.1, 0.15) is 42.9 Å². The molecule has 4 nitrogen and oxygen atoms in total. The minimum Gasteiger partial charge on any atom is -0.249 e. The van der Waals surface area contributed by atoms with Crippen molar-refractivity contribution in [2.24, 2.45) is 0 Å². The summed E-state index contributed by atoms with van der Waals surface area (Å²) in [5.74, 6) is 0.537. The second-order valence-corrected chi connectivity index (χ2v) is 8.29. The summed E-state index contributed by atoms with van der Waals surface area (Å²) in [5.41, 5.74) is 3.65. The Bertz CT molecular complexity index is 676. The Morgan fingerprint density at radius 3 is 2.50 bits per heavy atom. The summed E-state index contributed by atoms with van der Waals surface area (Å²) in [6, 6.07) is 10.6. The average Bonchev–Trinajstić information content (AvgIpc) is 3.00. The zero-order valence-corrected chi connectivity index (χ0v) is 13.9. The SMILES string of the molecule is O=S(=O)(Cc1cscn1)NC1CCC(c2ccccc2)CC1. The first-order valence-corrected chi connectivity index (χ1v) is 10.1. The first-order valence-electron chi connectivity index (χ1n) is 7.54. The van der Waals surface area contributed by atoms with Crippen molar-refractivity contribution >= 4 is 21.4 Å². The van der Waals surface area contributed by atoms with Crippen LogP contribution in [-0.2, 0) is 15.8 Å². The minimum atomic E-state index is -3.29. The van der Waals surface area contributed by atoms with Gasteiger partial charge in [-0.3, -0.25) is 0 Å². The summed E-state index contributed by atoms with van der Waals surface area (Å²) < 4.78 is 27.2. The molecule has 1 aliphatic carbocycles. The molecule has 1 fully saturated rings. The Morgan fingerprint density at radius 2 is 1.86 bits per heavy atom. The quantitative estimate of drug-likeness (QED) is 0.911. The normalized spacial score (nSPS) is 22.5. The molecule has 1 aromatic carbocycles. The van der Waals surface area contributed by atoms with E-state index in [1.165, 1.54) is 16.9 Å². The molecular formula is C16H20N2O2S2. The molecule has 6 heteroatoms. The highest BCUT2D eigenvalue weighted by molar-refractivity contribution is 7.88. The highest BCUT2D eigenvalue weighted by atomic mass is 32.2. The lowest BCUT2D eigenvalue weighted by atomic mass is 9.82. The largest absolute Gasteiger partial charge is 0.249 e. The van der Waals surface area contributed by atoms with E-state index in [-0.39, 0.29) is 11.8 Å². The molecular weight excluding hydrogens is 316 g/mol.